The van der Waals surface area contributed by atoms with Gasteiger partial charge in [0, 0.05) is 19.9 Å². The fourth-order valence-corrected chi connectivity index (χ4v) is 3.53. The summed E-state index contributed by atoms with van der Waals surface area (Å²) in [5.41, 5.74) is 11.1. The summed E-state index contributed by atoms with van der Waals surface area (Å²) in [6.07, 6.45) is -5.69. The molecule has 0 saturated carbocycles. The van der Waals surface area contributed by atoms with Crippen LogP contribution in [-0.2, 0) is 28.7 Å². The minimum atomic E-state index is -1.58. The Bertz CT molecular complexity index is 663. The number of ether oxygens (including phenoxy) is 2. The van der Waals surface area contributed by atoms with Crippen LogP contribution in [0.25, 0.3) is 0 Å². The Balaban J connectivity index is 3.11. The number of aliphatic hydroxyl groups excluding tert-OH is 3. The Morgan fingerprint density at radius 2 is 1.91 bits per heavy atom. The average molecular weight is 463 g/mol. The first-order valence-corrected chi connectivity index (χ1v) is 10.3. The van der Waals surface area contributed by atoms with Crippen LogP contribution in [-0.4, -0.2) is 106 Å². The molecular formula is C19H34N4O9. The van der Waals surface area contributed by atoms with Gasteiger partial charge in [0.05, 0.1) is 18.8 Å². The molecule has 1 fully saturated rings. The third-order valence-electron chi connectivity index (χ3n) is 5.02. The lowest BCUT2D eigenvalue weighted by Crippen LogP contribution is -2.65. The molecule has 0 spiro atoms. The highest BCUT2D eigenvalue weighted by molar-refractivity contribution is 5.89. The second-order valence-electron chi connectivity index (χ2n) is 7.82. The zero-order chi connectivity index (χ0) is 24.6. The molecule has 1 saturated heterocycles. The first kappa shape index (κ1) is 27.9. The van der Waals surface area contributed by atoms with Crippen LogP contribution in [0, 0.1) is 0 Å². The first-order chi connectivity index (χ1) is 14.9. The lowest BCUT2D eigenvalue weighted by molar-refractivity contribution is -0.268. The second kappa shape index (κ2) is 12.8. The van der Waals surface area contributed by atoms with Crippen LogP contribution in [0.1, 0.15) is 33.6 Å². The fraction of sp³-hybridized carbons (Fsp3) is 0.789. The first-order valence-electron chi connectivity index (χ1n) is 10.3. The second-order valence-corrected chi connectivity index (χ2v) is 7.82. The normalized spacial score (nSPS) is 28.3. The van der Waals surface area contributed by atoms with Crippen LogP contribution >= 0.6 is 0 Å². The van der Waals surface area contributed by atoms with Crippen LogP contribution in [0.15, 0.2) is 0 Å². The number of carbonyl (C=O) groups is 4. The zero-order valence-corrected chi connectivity index (χ0v) is 18.4. The van der Waals surface area contributed by atoms with E-state index in [0.717, 1.165) is 4.90 Å². The van der Waals surface area contributed by atoms with Crippen LogP contribution in [0.2, 0.25) is 0 Å². The summed E-state index contributed by atoms with van der Waals surface area (Å²) in [5.74, 6) is -1.95. The van der Waals surface area contributed by atoms with E-state index in [9.17, 15) is 34.5 Å². The van der Waals surface area contributed by atoms with Crippen molar-refractivity contribution in [2.24, 2.45) is 11.5 Å². The van der Waals surface area contributed by atoms with Crippen molar-refractivity contribution in [1.82, 2.24) is 10.2 Å². The molecule has 184 valence electrons. The molecule has 1 unspecified atom stereocenters. The van der Waals surface area contributed by atoms with Gasteiger partial charge in [-0.2, -0.15) is 0 Å². The molecule has 1 aliphatic rings. The summed E-state index contributed by atoms with van der Waals surface area (Å²) in [5, 5.41) is 32.6. The minimum Gasteiger partial charge on any atom is -0.394 e. The van der Waals surface area contributed by atoms with E-state index in [-0.39, 0.29) is 19.4 Å². The highest BCUT2D eigenvalue weighted by atomic mass is 16.6. The maximum absolute atomic E-state index is 12.7. The van der Waals surface area contributed by atoms with E-state index in [4.69, 9.17) is 20.9 Å². The molecule has 32 heavy (non-hydrogen) atoms. The van der Waals surface area contributed by atoms with Crippen molar-refractivity contribution in [3.63, 3.8) is 0 Å². The summed E-state index contributed by atoms with van der Waals surface area (Å²) in [4.78, 5) is 48.0. The minimum absolute atomic E-state index is 0.0102. The molecule has 8 N–H and O–H groups in total. The summed E-state index contributed by atoms with van der Waals surface area (Å²) in [7, 11) is 0. The van der Waals surface area contributed by atoms with Crippen molar-refractivity contribution < 1.29 is 44.0 Å². The van der Waals surface area contributed by atoms with E-state index >= 15 is 0 Å². The summed E-state index contributed by atoms with van der Waals surface area (Å²) >= 11 is 0. The monoisotopic (exact) mass is 462 g/mol. The number of carbonyl (C=O) groups excluding carboxylic acids is 4. The predicted molar refractivity (Wildman–Crippen MR) is 110 cm³/mol. The third kappa shape index (κ3) is 7.46. The molecule has 3 amide bonds. The SMILES string of the molecule is CC(=O)N[C@@H]1[C@@H](OC(C)CN(C(=O)[C@@H](C)N)[C@H](CCC=O)C(N)=O)[C@H](O)[C@@H](CO)O[C@@H]1O. The largest absolute Gasteiger partial charge is 0.394 e. The van der Waals surface area contributed by atoms with Gasteiger partial charge in [0.1, 0.15) is 36.7 Å². The van der Waals surface area contributed by atoms with Gasteiger partial charge in [-0.05, 0) is 20.3 Å². The number of hydrogen-bond acceptors (Lipinski definition) is 10. The Kier molecular flexibility index (Phi) is 11.1. The van der Waals surface area contributed by atoms with E-state index in [1.54, 1.807) is 0 Å². The number of primary amides is 1. The maximum atomic E-state index is 12.7. The van der Waals surface area contributed by atoms with Crippen LogP contribution in [0.5, 0.6) is 0 Å². The number of aldehydes is 1. The fourth-order valence-electron chi connectivity index (χ4n) is 3.53. The van der Waals surface area contributed by atoms with Crippen molar-refractivity contribution in [3.8, 4) is 0 Å². The number of rotatable bonds is 12. The third-order valence-corrected chi connectivity index (χ3v) is 5.02. The van der Waals surface area contributed by atoms with E-state index in [1.165, 1.54) is 20.8 Å². The van der Waals surface area contributed by atoms with Crippen molar-refractivity contribution in [2.75, 3.05) is 13.2 Å². The Morgan fingerprint density at radius 1 is 1.28 bits per heavy atom. The number of hydrogen-bond donors (Lipinski definition) is 6. The van der Waals surface area contributed by atoms with Crippen LogP contribution < -0.4 is 16.8 Å². The summed E-state index contributed by atoms with van der Waals surface area (Å²) in [6.45, 7) is 3.35. The average Bonchev–Trinajstić information content (AvgIpc) is 2.71. The molecule has 0 aliphatic carbocycles. The molecule has 0 aromatic carbocycles. The van der Waals surface area contributed by atoms with Crippen LogP contribution in [0.4, 0.5) is 0 Å². The van der Waals surface area contributed by atoms with Gasteiger partial charge in [-0.3, -0.25) is 14.4 Å². The van der Waals surface area contributed by atoms with Gasteiger partial charge in [0.15, 0.2) is 6.29 Å². The van der Waals surface area contributed by atoms with Gasteiger partial charge in [-0.1, -0.05) is 0 Å². The van der Waals surface area contributed by atoms with Crippen molar-refractivity contribution in [1.29, 1.82) is 0 Å². The topological polar surface area (TPSA) is 215 Å². The Hall–Kier alpha value is -2.16. The summed E-state index contributed by atoms with van der Waals surface area (Å²) < 4.78 is 11.0. The number of amides is 3. The molecule has 13 nitrogen and oxygen atoms in total. The highest BCUT2D eigenvalue weighted by Gasteiger charge is 2.46. The van der Waals surface area contributed by atoms with E-state index < -0.39 is 73.2 Å². The predicted octanol–water partition coefficient (Wildman–Crippen LogP) is -3.66. The van der Waals surface area contributed by atoms with Crippen LogP contribution in [0.3, 0.4) is 0 Å². The molecule has 0 aromatic heterocycles. The lowest BCUT2D eigenvalue weighted by atomic mass is 9.96. The standard InChI is InChI=1S/C19H34N4O9/c1-9(7-23(18(29)10(2)20)12(17(21)28)5-4-6-24)31-16-14(22-11(3)26)19(30)32-13(8-25)15(16)27/h6,9-10,12-16,19,25,27,30H,4-5,7-8,20H2,1-3H3,(H2,21,28)(H,22,26)/t9?,10-,12-,13-,14-,15-,16-,19+/m1/s1. The lowest BCUT2D eigenvalue weighted by Gasteiger charge is -2.44. The van der Waals surface area contributed by atoms with Gasteiger partial charge in [-0.15, -0.1) is 0 Å². The van der Waals surface area contributed by atoms with Crippen molar-refractivity contribution in [3.05, 3.63) is 0 Å². The summed E-state index contributed by atoms with van der Waals surface area (Å²) in [6, 6.07) is -3.26. The van der Waals surface area contributed by atoms with Gasteiger partial charge in [0.25, 0.3) is 0 Å². The smallest absolute Gasteiger partial charge is 0.240 e. The van der Waals surface area contributed by atoms with E-state index in [2.05, 4.69) is 5.32 Å². The van der Waals surface area contributed by atoms with Gasteiger partial charge in [-0.25, -0.2) is 0 Å². The number of aliphatic hydroxyl groups is 3. The molecule has 0 radical (unpaired) electrons. The number of nitrogens with one attached hydrogen (secondary N) is 1. The Labute approximate surface area is 186 Å². The van der Waals surface area contributed by atoms with Crippen molar-refractivity contribution >= 4 is 24.0 Å². The van der Waals surface area contributed by atoms with E-state index in [0.29, 0.717) is 6.29 Å². The number of nitrogens with zero attached hydrogens (tertiary/aromatic N) is 1. The molecule has 0 aromatic rings. The zero-order valence-electron chi connectivity index (χ0n) is 18.4. The van der Waals surface area contributed by atoms with Gasteiger partial charge >= 0.3 is 0 Å². The molecular weight excluding hydrogens is 428 g/mol. The Morgan fingerprint density at radius 3 is 2.38 bits per heavy atom. The highest BCUT2D eigenvalue weighted by Crippen LogP contribution is 2.24. The van der Waals surface area contributed by atoms with Crippen molar-refractivity contribution in [2.45, 2.75) is 82.4 Å². The molecule has 0 bridgehead atoms. The number of nitrogens with two attached hydrogens (primary N) is 2. The molecule has 13 heteroatoms. The molecule has 1 rings (SSSR count). The molecule has 8 atom stereocenters. The molecule has 1 heterocycles. The maximum Gasteiger partial charge on any atom is 0.240 e. The van der Waals surface area contributed by atoms with Gasteiger partial charge < -0.3 is 51.3 Å². The quantitative estimate of drug-likeness (QED) is 0.156. The van der Waals surface area contributed by atoms with E-state index in [1.807, 2.05) is 0 Å². The van der Waals surface area contributed by atoms with Gasteiger partial charge in [0.2, 0.25) is 17.7 Å². The molecule has 1 aliphatic heterocycles.